The van der Waals surface area contributed by atoms with Crippen molar-refractivity contribution < 1.29 is 22.8 Å². The molecule has 0 atom stereocenters. The molecule has 2 aromatic carbocycles. The molecule has 0 aliphatic carbocycles. The fourth-order valence-corrected chi connectivity index (χ4v) is 2.32. The van der Waals surface area contributed by atoms with Crippen molar-refractivity contribution >= 4 is 39.1 Å². The van der Waals surface area contributed by atoms with E-state index in [1.54, 1.807) is 11.4 Å². The maximum Gasteiger partial charge on any atom is 0.471 e. The number of nitrogens with one attached hydrogen (secondary N) is 2. The van der Waals surface area contributed by atoms with E-state index in [-0.39, 0.29) is 18.0 Å². The van der Waals surface area contributed by atoms with E-state index in [1.807, 2.05) is 18.2 Å². The molecule has 0 aliphatic heterocycles. The summed E-state index contributed by atoms with van der Waals surface area (Å²) >= 11 is 3.31. The van der Waals surface area contributed by atoms with Crippen LogP contribution in [-0.2, 0) is 16.0 Å². The van der Waals surface area contributed by atoms with Gasteiger partial charge in [0, 0.05) is 15.8 Å². The molecule has 0 aliphatic rings. The zero-order valence-corrected chi connectivity index (χ0v) is 13.7. The Morgan fingerprint density at radius 3 is 2.08 bits per heavy atom. The van der Waals surface area contributed by atoms with Crippen LogP contribution < -0.4 is 10.6 Å². The largest absolute Gasteiger partial charge is 0.471 e. The molecule has 0 saturated heterocycles. The summed E-state index contributed by atoms with van der Waals surface area (Å²) < 4.78 is 37.3. The summed E-state index contributed by atoms with van der Waals surface area (Å²) in [6.07, 6.45) is -4.79. The van der Waals surface area contributed by atoms with Crippen molar-refractivity contribution in [3.05, 3.63) is 58.6 Å². The SMILES string of the molecule is O=C(Cc1cccc(Br)c1)Nc1ccc(NC(=O)C(F)(F)F)cc1. The van der Waals surface area contributed by atoms with E-state index in [0.717, 1.165) is 10.0 Å². The van der Waals surface area contributed by atoms with E-state index in [1.165, 1.54) is 24.3 Å². The van der Waals surface area contributed by atoms with E-state index < -0.39 is 12.1 Å². The van der Waals surface area contributed by atoms with Crippen LogP contribution in [0.2, 0.25) is 0 Å². The predicted octanol–water partition coefficient (Wildman–Crippen LogP) is 4.13. The highest BCUT2D eigenvalue weighted by atomic mass is 79.9. The molecular weight excluding hydrogens is 389 g/mol. The molecule has 0 saturated carbocycles. The summed E-state index contributed by atoms with van der Waals surface area (Å²) in [6, 6.07) is 12.6. The summed E-state index contributed by atoms with van der Waals surface area (Å²) in [5, 5.41) is 4.36. The van der Waals surface area contributed by atoms with Gasteiger partial charge in [0.1, 0.15) is 0 Å². The first kappa shape index (κ1) is 18.0. The van der Waals surface area contributed by atoms with Crippen LogP contribution in [-0.4, -0.2) is 18.0 Å². The van der Waals surface area contributed by atoms with Gasteiger partial charge in [-0.3, -0.25) is 9.59 Å². The normalized spacial score (nSPS) is 11.0. The van der Waals surface area contributed by atoms with Gasteiger partial charge < -0.3 is 10.6 Å². The number of halogens is 4. The Bertz CT molecular complexity index is 746. The Hall–Kier alpha value is -2.35. The van der Waals surface area contributed by atoms with Crippen LogP contribution in [0.1, 0.15) is 5.56 Å². The lowest BCUT2D eigenvalue weighted by molar-refractivity contribution is -0.167. The second kappa shape index (κ2) is 7.48. The minimum Gasteiger partial charge on any atom is -0.326 e. The monoisotopic (exact) mass is 400 g/mol. The maximum absolute atomic E-state index is 12.1. The minimum atomic E-state index is -4.95. The van der Waals surface area contributed by atoms with Crippen molar-refractivity contribution in [3.8, 4) is 0 Å². The summed E-state index contributed by atoms with van der Waals surface area (Å²) in [7, 11) is 0. The number of alkyl halides is 3. The van der Waals surface area contributed by atoms with Crippen LogP contribution >= 0.6 is 15.9 Å². The fourth-order valence-electron chi connectivity index (χ4n) is 1.88. The second-order valence-electron chi connectivity index (χ2n) is 4.88. The summed E-state index contributed by atoms with van der Waals surface area (Å²) in [4.78, 5) is 22.8. The van der Waals surface area contributed by atoms with Gasteiger partial charge in [0.25, 0.3) is 0 Å². The average molecular weight is 401 g/mol. The zero-order chi connectivity index (χ0) is 17.7. The number of hydrogen-bond acceptors (Lipinski definition) is 2. The van der Waals surface area contributed by atoms with Crippen molar-refractivity contribution in [2.24, 2.45) is 0 Å². The first-order valence-electron chi connectivity index (χ1n) is 6.76. The number of amides is 2. The molecule has 4 nitrogen and oxygen atoms in total. The molecule has 0 bridgehead atoms. The van der Waals surface area contributed by atoms with Crippen molar-refractivity contribution in [1.29, 1.82) is 0 Å². The molecule has 126 valence electrons. The molecule has 0 spiro atoms. The molecule has 0 unspecified atom stereocenters. The highest BCUT2D eigenvalue weighted by molar-refractivity contribution is 9.10. The molecule has 0 radical (unpaired) electrons. The fraction of sp³-hybridized carbons (Fsp3) is 0.125. The van der Waals surface area contributed by atoms with Gasteiger partial charge in [0.15, 0.2) is 0 Å². The lowest BCUT2D eigenvalue weighted by Gasteiger charge is -2.09. The standard InChI is InChI=1S/C16H12BrF3N2O2/c17-11-3-1-2-10(8-11)9-14(23)21-12-4-6-13(7-5-12)22-15(24)16(18,19)20/h1-8H,9H2,(H,21,23)(H,22,24). The first-order valence-corrected chi connectivity index (χ1v) is 7.56. The van der Waals surface area contributed by atoms with E-state index >= 15 is 0 Å². The number of anilines is 2. The highest BCUT2D eigenvalue weighted by Gasteiger charge is 2.38. The third-order valence-electron chi connectivity index (χ3n) is 2.94. The first-order chi connectivity index (χ1) is 11.2. The molecule has 2 rings (SSSR count). The topological polar surface area (TPSA) is 58.2 Å². The second-order valence-corrected chi connectivity index (χ2v) is 5.80. The minimum absolute atomic E-state index is 0.0117. The number of hydrogen-bond donors (Lipinski definition) is 2. The molecule has 24 heavy (non-hydrogen) atoms. The van der Waals surface area contributed by atoms with Gasteiger partial charge in [-0.05, 0) is 42.0 Å². The quantitative estimate of drug-likeness (QED) is 0.810. The molecule has 0 heterocycles. The summed E-state index contributed by atoms with van der Waals surface area (Å²) in [5.74, 6) is -2.31. The van der Waals surface area contributed by atoms with E-state index in [0.29, 0.717) is 5.69 Å². The average Bonchev–Trinajstić information content (AvgIpc) is 2.48. The van der Waals surface area contributed by atoms with Crippen LogP contribution in [0.4, 0.5) is 24.5 Å². The Labute approximate surface area is 144 Å². The van der Waals surface area contributed by atoms with Crippen LogP contribution in [0.15, 0.2) is 53.0 Å². The van der Waals surface area contributed by atoms with Crippen LogP contribution in [0.3, 0.4) is 0 Å². The van der Waals surface area contributed by atoms with Crippen LogP contribution in [0, 0.1) is 0 Å². The lowest BCUT2D eigenvalue weighted by Crippen LogP contribution is -2.29. The Morgan fingerprint density at radius 2 is 1.54 bits per heavy atom. The molecule has 0 fully saturated rings. The Balaban J connectivity index is 1.94. The van der Waals surface area contributed by atoms with Crippen molar-refractivity contribution in [2.45, 2.75) is 12.6 Å². The van der Waals surface area contributed by atoms with Gasteiger partial charge in [-0.15, -0.1) is 0 Å². The number of rotatable bonds is 4. The molecule has 2 amide bonds. The number of carbonyl (C=O) groups excluding carboxylic acids is 2. The zero-order valence-electron chi connectivity index (χ0n) is 12.2. The Kier molecular flexibility index (Phi) is 5.61. The third-order valence-corrected chi connectivity index (χ3v) is 3.43. The lowest BCUT2D eigenvalue weighted by atomic mass is 10.1. The Morgan fingerprint density at radius 1 is 0.958 bits per heavy atom. The summed E-state index contributed by atoms with van der Waals surface area (Å²) in [6.45, 7) is 0. The van der Waals surface area contributed by atoms with E-state index in [9.17, 15) is 22.8 Å². The molecule has 8 heteroatoms. The van der Waals surface area contributed by atoms with E-state index in [2.05, 4.69) is 21.2 Å². The molecule has 2 N–H and O–H groups in total. The third kappa shape index (κ3) is 5.38. The molecule has 0 aromatic heterocycles. The van der Waals surface area contributed by atoms with Crippen LogP contribution in [0.5, 0.6) is 0 Å². The van der Waals surface area contributed by atoms with Crippen LogP contribution in [0.25, 0.3) is 0 Å². The van der Waals surface area contributed by atoms with Crippen molar-refractivity contribution in [2.75, 3.05) is 10.6 Å². The molecular formula is C16H12BrF3N2O2. The maximum atomic E-state index is 12.1. The number of benzene rings is 2. The van der Waals surface area contributed by atoms with Gasteiger partial charge in [0.2, 0.25) is 5.91 Å². The van der Waals surface area contributed by atoms with Gasteiger partial charge in [-0.25, -0.2) is 0 Å². The van der Waals surface area contributed by atoms with E-state index in [4.69, 9.17) is 0 Å². The smallest absolute Gasteiger partial charge is 0.326 e. The summed E-state index contributed by atoms with van der Waals surface area (Å²) in [5.41, 5.74) is 1.22. The number of carbonyl (C=O) groups is 2. The van der Waals surface area contributed by atoms with Gasteiger partial charge in [-0.2, -0.15) is 13.2 Å². The van der Waals surface area contributed by atoms with Gasteiger partial charge in [-0.1, -0.05) is 28.1 Å². The van der Waals surface area contributed by atoms with Crippen molar-refractivity contribution in [1.82, 2.24) is 0 Å². The molecule has 2 aromatic rings. The van der Waals surface area contributed by atoms with Crippen molar-refractivity contribution in [3.63, 3.8) is 0 Å². The predicted molar refractivity (Wildman–Crippen MR) is 87.6 cm³/mol. The van der Waals surface area contributed by atoms with Gasteiger partial charge in [0.05, 0.1) is 6.42 Å². The highest BCUT2D eigenvalue weighted by Crippen LogP contribution is 2.20. The van der Waals surface area contributed by atoms with Gasteiger partial charge >= 0.3 is 12.1 Å².